The molecule has 162 valence electrons. The van der Waals surface area contributed by atoms with Crippen LogP contribution in [0.25, 0.3) is 0 Å². The molecule has 0 fully saturated rings. The second-order valence-corrected chi connectivity index (χ2v) is 7.10. The van der Waals surface area contributed by atoms with Crippen molar-refractivity contribution in [1.29, 1.82) is 0 Å². The van der Waals surface area contributed by atoms with Crippen LogP contribution in [0.4, 0.5) is 5.69 Å². The van der Waals surface area contributed by atoms with Gasteiger partial charge in [-0.15, -0.1) is 0 Å². The highest BCUT2D eigenvalue weighted by atomic mass is 16.5. The van der Waals surface area contributed by atoms with Gasteiger partial charge in [0.05, 0.1) is 20.6 Å². The van der Waals surface area contributed by atoms with Crippen molar-refractivity contribution in [2.75, 3.05) is 19.5 Å². The van der Waals surface area contributed by atoms with Crippen LogP contribution >= 0.6 is 0 Å². The van der Waals surface area contributed by atoms with Gasteiger partial charge in [-0.2, -0.15) is 0 Å². The molecule has 0 spiro atoms. The minimum atomic E-state index is -0.491. The number of aryl methyl sites for hydroxylation is 1. The van der Waals surface area contributed by atoms with Gasteiger partial charge in [-0.3, -0.25) is 9.59 Å². The van der Waals surface area contributed by atoms with Crippen LogP contribution in [-0.2, 0) is 23.1 Å². The lowest BCUT2D eigenvalue weighted by Gasteiger charge is -2.20. The van der Waals surface area contributed by atoms with Crippen molar-refractivity contribution in [3.63, 3.8) is 0 Å². The summed E-state index contributed by atoms with van der Waals surface area (Å²) in [7, 11) is 5.04. The second kappa shape index (κ2) is 9.80. The second-order valence-electron chi connectivity index (χ2n) is 7.10. The van der Waals surface area contributed by atoms with Crippen molar-refractivity contribution in [3.8, 4) is 11.5 Å². The number of aromatic nitrogens is 2. The molecule has 1 atom stereocenters. The highest BCUT2D eigenvalue weighted by Crippen LogP contribution is 2.29. The molecule has 0 aliphatic heterocycles. The lowest BCUT2D eigenvalue weighted by molar-refractivity contribution is -0.121. The van der Waals surface area contributed by atoms with E-state index >= 15 is 0 Å². The van der Waals surface area contributed by atoms with Crippen LogP contribution in [0.15, 0.2) is 54.9 Å². The van der Waals surface area contributed by atoms with Crippen LogP contribution in [0.5, 0.6) is 11.5 Å². The van der Waals surface area contributed by atoms with Crippen molar-refractivity contribution < 1.29 is 19.1 Å². The molecule has 0 bridgehead atoms. The zero-order chi connectivity index (χ0) is 22.4. The quantitative estimate of drug-likeness (QED) is 0.582. The molecule has 2 aromatic carbocycles. The third kappa shape index (κ3) is 5.63. The number of hydrogen-bond donors (Lipinski definition) is 2. The first-order chi connectivity index (χ1) is 14.9. The minimum Gasteiger partial charge on any atom is -0.497 e. The Morgan fingerprint density at radius 3 is 2.23 bits per heavy atom. The van der Waals surface area contributed by atoms with E-state index in [9.17, 15) is 9.59 Å². The van der Waals surface area contributed by atoms with Crippen LogP contribution in [-0.4, -0.2) is 35.6 Å². The molecule has 31 heavy (non-hydrogen) atoms. The molecule has 0 unspecified atom stereocenters. The van der Waals surface area contributed by atoms with Crippen LogP contribution in [0.3, 0.4) is 0 Å². The summed E-state index contributed by atoms with van der Waals surface area (Å²) >= 11 is 0. The van der Waals surface area contributed by atoms with Gasteiger partial charge in [0, 0.05) is 38.1 Å². The first-order valence-electron chi connectivity index (χ1n) is 9.75. The van der Waals surface area contributed by atoms with E-state index in [1.54, 1.807) is 38.6 Å². The summed E-state index contributed by atoms with van der Waals surface area (Å²) in [6, 6.07) is 12.2. The lowest BCUT2D eigenvalue weighted by atomic mass is 10.0. The summed E-state index contributed by atoms with van der Waals surface area (Å²) in [5.41, 5.74) is 2.30. The number of carbonyl (C=O) groups is 2. The van der Waals surface area contributed by atoms with Crippen LogP contribution in [0, 0.1) is 0 Å². The zero-order valence-electron chi connectivity index (χ0n) is 18.0. The number of amides is 2. The van der Waals surface area contributed by atoms with Gasteiger partial charge in [0.1, 0.15) is 23.4 Å². The number of nitrogens with zero attached hydrogens (tertiary/aromatic N) is 2. The number of ether oxygens (including phenoxy) is 2. The van der Waals surface area contributed by atoms with Gasteiger partial charge in [0.2, 0.25) is 11.8 Å². The molecule has 0 radical (unpaired) electrons. The van der Waals surface area contributed by atoms with Gasteiger partial charge in [-0.05, 0) is 35.4 Å². The smallest absolute Gasteiger partial charge is 0.225 e. The number of imidazole rings is 1. The molecule has 0 aliphatic carbocycles. The first-order valence-corrected chi connectivity index (χ1v) is 9.75. The molecule has 0 aliphatic rings. The lowest BCUT2D eigenvalue weighted by Crippen LogP contribution is -2.32. The van der Waals surface area contributed by atoms with E-state index in [-0.39, 0.29) is 18.2 Å². The van der Waals surface area contributed by atoms with Gasteiger partial charge in [-0.25, -0.2) is 4.98 Å². The fourth-order valence-corrected chi connectivity index (χ4v) is 3.25. The SMILES string of the molecule is COc1cc(OC)cc([C@@H](NC(=O)Cc2ccc(NC(C)=O)cc2)c2nccn2C)c1. The number of carbonyl (C=O) groups excluding carboxylic acids is 2. The molecule has 2 N–H and O–H groups in total. The molecule has 3 aromatic rings. The van der Waals surface area contributed by atoms with Gasteiger partial charge < -0.3 is 24.7 Å². The zero-order valence-corrected chi connectivity index (χ0v) is 18.0. The summed E-state index contributed by atoms with van der Waals surface area (Å²) in [5.74, 6) is 1.62. The fourth-order valence-electron chi connectivity index (χ4n) is 3.25. The molecule has 1 aromatic heterocycles. The van der Waals surface area contributed by atoms with E-state index in [1.807, 2.05) is 42.1 Å². The van der Waals surface area contributed by atoms with E-state index in [4.69, 9.17) is 9.47 Å². The molecular weight excluding hydrogens is 396 g/mol. The average Bonchev–Trinajstić information content (AvgIpc) is 3.18. The number of anilines is 1. The molecule has 0 saturated carbocycles. The molecule has 8 heteroatoms. The largest absolute Gasteiger partial charge is 0.497 e. The summed E-state index contributed by atoms with van der Waals surface area (Å²) < 4.78 is 12.6. The van der Waals surface area contributed by atoms with E-state index < -0.39 is 6.04 Å². The van der Waals surface area contributed by atoms with Crippen LogP contribution in [0.2, 0.25) is 0 Å². The minimum absolute atomic E-state index is 0.142. The van der Waals surface area contributed by atoms with Crippen LogP contribution in [0.1, 0.15) is 29.9 Å². The Bertz CT molecular complexity index is 1040. The van der Waals surface area contributed by atoms with Crippen molar-refractivity contribution in [2.45, 2.75) is 19.4 Å². The third-order valence-corrected chi connectivity index (χ3v) is 4.77. The Labute approximate surface area is 181 Å². The number of hydrogen-bond acceptors (Lipinski definition) is 5. The van der Waals surface area contributed by atoms with E-state index in [2.05, 4.69) is 15.6 Å². The van der Waals surface area contributed by atoms with Gasteiger partial charge in [0.25, 0.3) is 0 Å². The molecular formula is C23H26N4O4. The molecule has 3 rings (SSSR count). The van der Waals surface area contributed by atoms with E-state index in [0.717, 1.165) is 11.1 Å². The van der Waals surface area contributed by atoms with Crippen molar-refractivity contribution in [1.82, 2.24) is 14.9 Å². The summed E-state index contributed by atoms with van der Waals surface area (Å²) in [4.78, 5) is 28.5. The Kier molecular flexibility index (Phi) is 6.92. The standard InChI is InChI=1S/C23H26N4O4/c1-15(28)25-18-7-5-16(6-8-18)11-21(29)26-22(23-24-9-10-27(23)2)17-12-19(30-3)14-20(13-17)31-4/h5-10,12-14,22H,11H2,1-4H3,(H,25,28)(H,26,29)/t22-/m1/s1. The predicted molar refractivity (Wildman–Crippen MR) is 117 cm³/mol. The third-order valence-electron chi connectivity index (χ3n) is 4.77. The van der Waals surface area contributed by atoms with E-state index in [1.165, 1.54) is 6.92 Å². The van der Waals surface area contributed by atoms with Crippen molar-refractivity contribution >= 4 is 17.5 Å². The number of nitrogens with one attached hydrogen (secondary N) is 2. The Morgan fingerprint density at radius 1 is 1.06 bits per heavy atom. The van der Waals surface area contributed by atoms with Gasteiger partial charge >= 0.3 is 0 Å². The van der Waals surface area contributed by atoms with Crippen molar-refractivity contribution in [2.24, 2.45) is 7.05 Å². The predicted octanol–water partition coefficient (Wildman–Crippen LogP) is 2.84. The number of rotatable bonds is 8. The monoisotopic (exact) mass is 422 g/mol. The summed E-state index contributed by atoms with van der Waals surface area (Å²) in [5, 5.41) is 5.78. The Morgan fingerprint density at radius 2 is 1.71 bits per heavy atom. The Hall–Kier alpha value is -3.81. The Balaban J connectivity index is 1.84. The van der Waals surface area contributed by atoms with Gasteiger partial charge in [-0.1, -0.05) is 12.1 Å². The molecule has 1 heterocycles. The number of methoxy groups -OCH3 is 2. The maximum atomic E-state index is 12.9. The average molecular weight is 422 g/mol. The van der Waals surface area contributed by atoms with E-state index in [0.29, 0.717) is 23.0 Å². The number of benzene rings is 2. The summed E-state index contributed by atoms with van der Waals surface area (Å²) in [6.07, 6.45) is 3.70. The van der Waals surface area contributed by atoms with Gasteiger partial charge in [0.15, 0.2) is 0 Å². The summed E-state index contributed by atoms with van der Waals surface area (Å²) in [6.45, 7) is 1.45. The molecule has 8 nitrogen and oxygen atoms in total. The maximum Gasteiger partial charge on any atom is 0.225 e. The van der Waals surface area contributed by atoms with Crippen LogP contribution < -0.4 is 20.1 Å². The molecule has 0 saturated heterocycles. The fraction of sp³-hybridized carbons (Fsp3) is 0.261. The highest BCUT2D eigenvalue weighted by Gasteiger charge is 2.22. The van der Waals surface area contributed by atoms with Crippen molar-refractivity contribution in [3.05, 3.63) is 71.8 Å². The highest BCUT2D eigenvalue weighted by molar-refractivity contribution is 5.88. The maximum absolute atomic E-state index is 12.9. The normalized spacial score (nSPS) is 11.5. The topological polar surface area (TPSA) is 94.5 Å². The molecule has 2 amide bonds. The first kappa shape index (κ1) is 21.9.